The van der Waals surface area contributed by atoms with E-state index >= 15 is 0 Å². The van der Waals surface area contributed by atoms with Gasteiger partial charge in [0.25, 0.3) is 5.91 Å². The number of carbonyl (C=O) groups excluding carboxylic acids is 2. The molecule has 5 heteroatoms. The van der Waals surface area contributed by atoms with Crippen LogP contribution in [0.15, 0.2) is 30.3 Å². The number of hydrogen-bond donors (Lipinski definition) is 1. The van der Waals surface area contributed by atoms with Crippen molar-refractivity contribution in [3.8, 4) is 0 Å². The van der Waals surface area contributed by atoms with Crippen LogP contribution in [0.2, 0.25) is 5.02 Å². The predicted octanol–water partition coefficient (Wildman–Crippen LogP) is 4.56. The van der Waals surface area contributed by atoms with Crippen LogP contribution in [0.3, 0.4) is 0 Å². The van der Waals surface area contributed by atoms with Crippen LogP contribution in [-0.4, -0.2) is 18.5 Å². The smallest absolute Gasteiger partial charge is 0.310 e. The van der Waals surface area contributed by atoms with Crippen LogP contribution in [0.4, 0.5) is 5.69 Å². The van der Waals surface area contributed by atoms with Crippen molar-refractivity contribution in [2.45, 2.75) is 46.0 Å². The molecule has 0 fully saturated rings. The van der Waals surface area contributed by atoms with E-state index in [4.69, 9.17) is 16.3 Å². The molecule has 142 valence electrons. The number of nitrogens with one attached hydrogen (secondary N) is 1. The molecule has 0 spiro atoms. The van der Waals surface area contributed by atoms with Gasteiger partial charge in [-0.1, -0.05) is 35.9 Å². The summed E-state index contributed by atoms with van der Waals surface area (Å²) in [7, 11) is 0. The van der Waals surface area contributed by atoms with E-state index in [1.807, 2.05) is 26.0 Å². The van der Waals surface area contributed by atoms with E-state index in [0.29, 0.717) is 10.7 Å². The van der Waals surface area contributed by atoms with Gasteiger partial charge < -0.3 is 10.1 Å². The van der Waals surface area contributed by atoms with Crippen LogP contribution < -0.4 is 5.32 Å². The molecule has 0 heterocycles. The highest BCUT2D eigenvalue weighted by atomic mass is 35.5. The summed E-state index contributed by atoms with van der Waals surface area (Å²) >= 11 is 6.18. The Bertz CT molecular complexity index is 853. The SMILES string of the molecule is Cc1cc(C)c(NC(=O)COC(=O)Cc2ccc3c(c2)CCCC3)c(Cl)c1. The molecule has 0 bridgehead atoms. The summed E-state index contributed by atoms with van der Waals surface area (Å²) < 4.78 is 5.13. The predicted molar refractivity (Wildman–Crippen MR) is 107 cm³/mol. The maximum absolute atomic E-state index is 12.1. The second kappa shape index (κ2) is 8.57. The molecule has 2 aromatic rings. The van der Waals surface area contributed by atoms with Crippen LogP contribution in [0, 0.1) is 13.8 Å². The lowest BCUT2D eigenvalue weighted by Crippen LogP contribution is -2.22. The van der Waals surface area contributed by atoms with E-state index in [1.54, 1.807) is 6.07 Å². The lowest BCUT2D eigenvalue weighted by Gasteiger charge is -2.16. The molecule has 27 heavy (non-hydrogen) atoms. The molecule has 1 amide bonds. The third-order valence-corrected chi connectivity index (χ3v) is 5.12. The Morgan fingerprint density at radius 2 is 1.81 bits per heavy atom. The number of fused-ring (bicyclic) bond motifs is 1. The second-order valence-corrected chi connectivity index (χ2v) is 7.54. The average Bonchev–Trinajstić information content (AvgIpc) is 2.63. The summed E-state index contributed by atoms with van der Waals surface area (Å²) in [6.07, 6.45) is 4.78. The van der Waals surface area contributed by atoms with Crippen LogP contribution in [0.5, 0.6) is 0 Å². The number of ether oxygens (including phenoxy) is 1. The van der Waals surface area contributed by atoms with Crippen molar-refractivity contribution in [3.63, 3.8) is 0 Å². The molecule has 0 radical (unpaired) electrons. The Balaban J connectivity index is 1.52. The minimum Gasteiger partial charge on any atom is -0.455 e. The van der Waals surface area contributed by atoms with Crippen LogP contribution >= 0.6 is 11.6 Å². The van der Waals surface area contributed by atoms with Crippen molar-refractivity contribution >= 4 is 29.2 Å². The first-order chi connectivity index (χ1) is 12.9. The van der Waals surface area contributed by atoms with Gasteiger partial charge in [0.15, 0.2) is 6.61 Å². The largest absolute Gasteiger partial charge is 0.455 e. The molecule has 1 aliphatic carbocycles. The lowest BCUT2D eigenvalue weighted by atomic mass is 9.90. The van der Waals surface area contributed by atoms with Crippen LogP contribution in [0.25, 0.3) is 0 Å². The van der Waals surface area contributed by atoms with E-state index < -0.39 is 11.9 Å². The van der Waals surface area contributed by atoms with Gasteiger partial charge >= 0.3 is 5.97 Å². The lowest BCUT2D eigenvalue weighted by molar-refractivity contribution is -0.146. The second-order valence-electron chi connectivity index (χ2n) is 7.13. The molecule has 0 unspecified atom stereocenters. The highest BCUT2D eigenvalue weighted by molar-refractivity contribution is 6.34. The van der Waals surface area contributed by atoms with Gasteiger partial charge in [-0.15, -0.1) is 0 Å². The first-order valence-electron chi connectivity index (χ1n) is 9.25. The number of anilines is 1. The van der Waals surface area contributed by atoms with Crippen molar-refractivity contribution in [2.75, 3.05) is 11.9 Å². The van der Waals surface area contributed by atoms with Gasteiger partial charge in [0.2, 0.25) is 0 Å². The van der Waals surface area contributed by atoms with Crippen LogP contribution in [0.1, 0.15) is 40.7 Å². The Kier molecular flexibility index (Phi) is 6.17. The molecule has 2 aromatic carbocycles. The minimum atomic E-state index is -0.410. The van der Waals surface area contributed by atoms with E-state index in [-0.39, 0.29) is 13.0 Å². The maximum atomic E-state index is 12.1. The van der Waals surface area contributed by atoms with Crippen molar-refractivity contribution in [1.82, 2.24) is 0 Å². The highest BCUT2D eigenvalue weighted by Gasteiger charge is 2.14. The maximum Gasteiger partial charge on any atom is 0.310 e. The number of carbonyl (C=O) groups is 2. The van der Waals surface area contributed by atoms with Gasteiger partial charge in [-0.05, 0) is 73.4 Å². The topological polar surface area (TPSA) is 55.4 Å². The number of benzene rings is 2. The Labute approximate surface area is 164 Å². The number of esters is 1. The van der Waals surface area contributed by atoms with Gasteiger partial charge in [0, 0.05) is 0 Å². The van der Waals surface area contributed by atoms with Crippen molar-refractivity contribution in [2.24, 2.45) is 0 Å². The number of rotatable bonds is 5. The van der Waals surface area contributed by atoms with Gasteiger partial charge in [-0.2, -0.15) is 0 Å². The molecular formula is C22H24ClNO3. The fraction of sp³-hybridized carbons (Fsp3) is 0.364. The van der Waals surface area contributed by atoms with Crippen molar-refractivity contribution in [3.05, 3.63) is 63.2 Å². The van der Waals surface area contributed by atoms with E-state index in [9.17, 15) is 9.59 Å². The molecule has 1 aliphatic rings. The van der Waals surface area contributed by atoms with E-state index in [0.717, 1.165) is 29.5 Å². The summed E-state index contributed by atoms with van der Waals surface area (Å²) in [6, 6.07) is 9.88. The zero-order valence-electron chi connectivity index (χ0n) is 15.7. The summed E-state index contributed by atoms with van der Waals surface area (Å²) in [5, 5.41) is 3.19. The highest BCUT2D eigenvalue weighted by Crippen LogP contribution is 2.27. The Hall–Kier alpha value is -2.33. The zero-order valence-corrected chi connectivity index (χ0v) is 16.5. The normalized spacial score (nSPS) is 13.0. The Morgan fingerprint density at radius 1 is 1.07 bits per heavy atom. The van der Waals surface area contributed by atoms with Gasteiger partial charge in [-0.3, -0.25) is 9.59 Å². The number of aryl methyl sites for hydroxylation is 4. The molecule has 0 aliphatic heterocycles. The van der Waals surface area contributed by atoms with E-state index in [1.165, 1.54) is 24.0 Å². The summed E-state index contributed by atoms with van der Waals surface area (Å²) in [5.41, 5.74) is 6.08. The average molecular weight is 386 g/mol. The van der Waals surface area contributed by atoms with Gasteiger partial charge in [0.05, 0.1) is 17.1 Å². The standard InChI is InChI=1S/C22H24ClNO3/c1-14-9-15(2)22(19(23)10-14)24-20(25)13-27-21(26)12-16-7-8-17-5-3-4-6-18(17)11-16/h7-11H,3-6,12-13H2,1-2H3,(H,24,25). The monoisotopic (exact) mass is 385 g/mol. The first-order valence-corrected chi connectivity index (χ1v) is 9.63. The molecule has 4 nitrogen and oxygen atoms in total. The third-order valence-electron chi connectivity index (χ3n) is 4.82. The number of halogens is 1. The number of amides is 1. The number of hydrogen-bond acceptors (Lipinski definition) is 3. The fourth-order valence-corrected chi connectivity index (χ4v) is 3.88. The minimum absolute atomic E-state index is 0.172. The Morgan fingerprint density at radius 3 is 2.56 bits per heavy atom. The molecule has 0 saturated heterocycles. The summed E-state index contributed by atoms with van der Waals surface area (Å²) in [5.74, 6) is -0.810. The molecule has 3 rings (SSSR count). The molecule has 0 atom stereocenters. The summed E-state index contributed by atoms with van der Waals surface area (Å²) in [4.78, 5) is 24.2. The van der Waals surface area contributed by atoms with Crippen molar-refractivity contribution in [1.29, 1.82) is 0 Å². The van der Waals surface area contributed by atoms with Gasteiger partial charge in [-0.25, -0.2) is 0 Å². The molecule has 0 saturated carbocycles. The zero-order chi connectivity index (χ0) is 19.4. The van der Waals surface area contributed by atoms with Crippen LogP contribution in [-0.2, 0) is 33.6 Å². The summed E-state index contributed by atoms with van der Waals surface area (Å²) in [6.45, 7) is 3.48. The van der Waals surface area contributed by atoms with E-state index in [2.05, 4.69) is 17.4 Å². The fourth-order valence-electron chi connectivity index (χ4n) is 3.51. The quantitative estimate of drug-likeness (QED) is 0.767. The van der Waals surface area contributed by atoms with Gasteiger partial charge in [0.1, 0.15) is 0 Å². The third kappa shape index (κ3) is 5.10. The molecular weight excluding hydrogens is 362 g/mol. The van der Waals surface area contributed by atoms with Crippen molar-refractivity contribution < 1.29 is 14.3 Å². The first kappa shape index (κ1) is 19.4. The molecule has 1 N–H and O–H groups in total. The molecule has 0 aromatic heterocycles.